The van der Waals surface area contributed by atoms with E-state index in [0.717, 1.165) is 5.56 Å². The summed E-state index contributed by atoms with van der Waals surface area (Å²) in [6.07, 6.45) is 4.65. The SMILES string of the molecule is NC(=O)c1cccc2c1N[C@H](C(=O)[O-])[C@@H]1CC=C[C@H]21. The van der Waals surface area contributed by atoms with E-state index in [9.17, 15) is 14.7 Å². The number of carboxylic acid groups (broad SMARTS) is 1. The number of hydrogen-bond donors (Lipinski definition) is 2. The number of para-hydroxylation sites is 1. The van der Waals surface area contributed by atoms with Crippen molar-refractivity contribution in [3.05, 3.63) is 41.5 Å². The van der Waals surface area contributed by atoms with Crippen LogP contribution >= 0.6 is 0 Å². The molecule has 19 heavy (non-hydrogen) atoms. The summed E-state index contributed by atoms with van der Waals surface area (Å²) in [5.41, 5.74) is 7.11. The van der Waals surface area contributed by atoms with Crippen molar-refractivity contribution in [2.24, 2.45) is 11.7 Å². The van der Waals surface area contributed by atoms with Crippen LogP contribution in [-0.4, -0.2) is 17.9 Å². The summed E-state index contributed by atoms with van der Waals surface area (Å²) < 4.78 is 0. The first kappa shape index (κ1) is 11.8. The second kappa shape index (κ2) is 4.12. The molecule has 0 radical (unpaired) electrons. The third-order valence-electron chi connectivity index (χ3n) is 3.92. The number of primary amides is 1. The second-order valence-electron chi connectivity index (χ2n) is 4.93. The van der Waals surface area contributed by atoms with Crippen molar-refractivity contribution in [3.8, 4) is 0 Å². The predicted octanol–water partition coefficient (Wildman–Crippen LogP) is -0.0108. The normalized spacial score (nSPS) is 27.3. The van der Waals surface area contributed by atoms with Gasteiger partial charge in [-0.05, 0) is 24.0 Å². The van der Waals surface area contributed by atoms with Crippen molar-refractivity contribution >= 4 is 17.6 Å². The molecular weight excluding hydrogens is 244 g/mol. The first-order chi connectivity index (χ1) is 9.09. The van der Waals surface area contributed by atoms with Crippen LogP contribution in [0.1, 0.15) is 28.3 Å². The highest BCUT2D eigenvalue weighted by Gasteiger charge is 2.38. The molecule has 0 spiro atoms. The second-order valence-corrected chi connectivity index (χ2v) is 4.93. The number of hydrogen-bond acceptors (Lipinski definition) is 4. The fourth-order valence-electron chi connectivity index (χ4n) is 3.06. The number of allylic oxidation sites excluding steroid dienone is 2. The number of aliphatic carboxylic acids is 1. The van der Waals surface area contributed by atoms with Crippen molar-refractivity contribution in [2.45, 2.75) is 18.4 Å². The Morgan fingerprint density at radius 3 is 2.84 bits per heavy atom. The Kier molecular flexibility index (Phi) is 2.55. The van der Waals surface area contributed by atoms with Gasteiger partial charge < -0.3 is 21.0 Å². The Labute approximate surface area is 110 Å². The van der Waals surface area contributed by atoms with Gasteiger partial charge in [0.1, 0.15) is 0 Å². The Balaban J connectivity index is 2.15. The molecule has 1 aromatic carbocycles. The maximum Gasteiger partial charge on any atom is 0.250 e. The first-order valence-electron chi connectivity index (χ1n) is 6.16. The molecule has 0 fully saturated rings. The smallest absolute Gasteiger partial charge is 0.250 e. The first-order valence-corrected chi connectivity index (χ1v) is 6.16. The van der Waals surface area contributed by atoms with E-state index in [1.165, 1.54) is 0 Å². The Hall–Kier alpha value is -2.30. The van der Waals surface area contributed by atoms with Crippen LogP contribution in [0.3, 0.4) is 0 Å². The molecule has 1 amide bonds. The van der Waals surface area contributed by atoms with Crippen molar-refractivity contribution in [3.63, 3.8) is 0 Å². The summed E-state index contributed by atoms with van der Waals surface area (Å²) in [4.78, 5) is 22.7. The summed E-state index contributed by atoms with van der Waals surface area (Å²) in [6.45, 7) is 0. The summed E-state index contributed by atoms with van der Waals surface area (Å²) in [5, 5.41) is 14.2. The van der Waals surface area contributed by atoms with Gasteiger partial charge in [0.25, 0.3) is 5.91 Å². The van der Waals surface area contributed by atoms with E-state index < -0.39 is 17.9 Å². The van der Waals surface area contributed by atoms with Crippen molar-refractivity contribution in [1.82, 2.24) is 0 Å². The van der Waals surface area contributed by atoms with Gasteiger partial charge in [0.05, 0.1) is 23.3 Å². The zero-order chi connectivity index (χ0) is 13.6. The molecule has 0 saturated heterocycles. The number of carboxylic acids is 1. The van der Waals surface area contributed by atoms with Gasteiger partial charge in [0, 0.05) is 5.92 Å². The number of carbonyl (C=O) groups excluding carboxylic acids is 2. The zero-order valence-electron chi connectivity index (χ0n) is 10.1. The number of fused-ring (bicyclic) bond motifs is 3. The highest BCUT2D eigenvalue weighted by Crippen LogP contribution is 2.45. The van der Waals surface area contributed by atoms with Gasteiger partial charge in [-0.25, -0.2) is 0 Å². The van der Waals surface area contributed by atoms with Crippen molar-refractivity contribution < 1.29 is 14.7 Å². The number of nitrogens with two attached hydrogens (primary N) is 1. The largest absolute Gasteiger partial charge is 0.548 e. The van der Waals surface area contributed by atoms with Crippen LogP contribution in [0.25, 0.3) is 0 Å². The van der Waals surface area contributed by atoms with Gasteiger partial charge in [0.15, 0.2) is 0 Å². The van der Waals surface area contributed by atoms with Crippen LogP contribution in [0.15, 0.2) is 30.4 Å². The summed E-state index contributed by atoms with van der Waals surface area (Å²) in [7, 11) is 0. The van der Waals surface area contributed by atoms with E-state index in [1.54, 1.807) is 12.1 Å². The number of carbonyl (C=O) groups is 2. The molecule has 1 heterocycles. The zero-order valence-corrected chi connectivity index (χ0v) is 10.1. The highest BCUT2D eigenvalue weighted by molar-refractivity contribution is 6.00. The molecule has 5 heteroatoms. The molecule has 0 bridgehead atoms. The molecule has 3 atom stereocenters. The van der Waals surface area contributed by atoms with Crippen LogP contribution in [0.4, 0.5) is 5.69 Å². The fraction of sp³-hybridized carbons (Fsp3) is 0.286. The topological polar surface area (TPSA) is 95.2 Å². The lowest BCUT2D eigenvalue weighted by Gasteiger charge is -2.38. The quantitative estimate of drug-likeness (QED) is 0.728. The minimum atomic E-state index is -1.15. The summed E-state index contributed by atoms with van der Waals surface area (Å²) in [5.74, 6) is -1.79. The third-order valence-corrected chi connectivity index (χ3v) is 3.92. The van der Waals surface area contributed by atoms with Gasteiger partial charge in [-0.3, -0.25) is 4.79 Å². The molecular formula is C14H13N2O3-. The number of amides is 1. The molecule has 0 aromatic heterocycles. The maximum absolute atomic E-state index is 11.4. The molecule has 5 nitrogen and oxygen atoms in total. The van der Waals surface area contributed by atoms with Gasteiger partial charge in [-0.15, -0.1) is 0 Å². The number of nitrogens with one attached hydrogen (secondary N) is 1. The summed E-state index contributed by atoms with van der Waals surface area (Å²) in [6, 6.07) is 4.46. The van der Waals surface area contributed by atoms with Gasteiger partial charge in [0.2, 0.25) is 0 Å². The van der Waals surface area contributed by atoms with Gasteiger partial charge >= 0.3 is 0 Å². The highest BCUT2D eigenvalue weighted by atomic mass is 16.4. The monoisotopic (exact) mass is 257 g/mol. The number of anilines is 1. The van der Waals surface area contributed by atoms with Crippen LogP contribution in [0, 0.1) is 5.92 Å². The molecule has 0 unspecified atom stereocenters. The maximum atomic E-state index is 11.4. The van der Waals surface area contributed by atoms with E-state index in [1.807, 2.05) is 18.2 Å². The van der Waals surface area contributed by atoms with Gasteiger partial charge in [-0.2, -0.15) is 0 Å². The average Bonchev–Trinajstić information content (AvgIpc) is 2.85. The molecule has 3 rings (SSSR count). The molecule has 1 aromatic rings. The summed E-state index contributed by atoms with van der Waals surface area (Å²) >= 11 is 0. The number of rotatable bonds is 2. The molecule has 2 aliphatic rings. The Morgan fingerprint density at radius 1 is 1.37 bits per heavy atom. The van der Waals surface area contributed by atoms with Crippen LogP contribution in [-0.2, 0) is 4.79 Å². The van der Waals surface area contributed by atoms with Crippen molar-refractivity contribution in [1.29, 1.82) is 0 Å². The minimum absolute atomic E-state index is 0.00144. The van der Waals surface area contributed by atoms with Crippen LogP contribution in [0.2, 0.25) is 0 Å². The lowest BCUT2D eigenvalue weighted by molar-refractivity contribution is -0.308. The standard InChI is InChI=1S/C14H14N2O3/c15-13(17)10-6-2-4-8-7-3-1-5-9(7)12(14(18)19)16-11(8)10/h1-4,6-7,9,12,16H,5H2,(H2,15,17)(H,18,19)/p-1/t7-,9-,12+/m1/s1. The minimum Gasteiger partial charge on any atom is -0.548 e. The predicted molar refractivity (Wildman–Crippen MR) is 67.4 cm³/mol. The lowest BCUT2D eigenvalue weighted by atomic mass is 9.78. The Bertz CT molecular complexity index is 594. The molecule has 98 valence electrons. The third kappa shape index (κ3) is 1.69. The van der Waals surface area contributed by atoms with E-state index in [-0.39, 0.29) is 11.8 Å². The van der Waals surface area contributed by atoms with E-state index in [4.69, 9.17) is 5.73 Å². The van der Waals surface area contributed by atoms with Gasteiger partial charge in [-0.1, -0.05) is 24.3 Å². The van der Waals surface area contributed by atoms with E-state index in [0.29, 0.717) is 17.7 Å². The molecule has 1 aliphatic carbocycles. The van der Waals surface area contributed by atoms with Crippen molar-refractivity contribution in [2.75, 3.05) is 5.32 Å². The molecule has 1 aliphatic heterocycles. The van der Waals surface area contributed by atoms with E-state index >= 15 is 0 Å². The van der Waals surface area contributed by atoms with Crippen LogP contribution < -0.4 is 16.2 Å². The average molecular weight is 257 g/mol. The van der Waals surface area contributed by atoms with E-state index in [2.05, 4.69) is 5.32 Å². The molecule has 0 saturated carbocycles. The lowest BCUT2D eigenvalue weighted by Crippen LogP contribution is -2.49. The number of benzene rings is 1. The fourth-order valence-corrected chi connectivity index (χ4v) is 3.06. The molecule has 3 N–H and O–H groups in total. The van der Waals surface area contributed by atoms with Crippen LogP contribution in [0.5, 0.6) is 0 Å². The Morgan fingerprint density at radius 2 is 2.16 bits per heavy atom.